The van der Waals surface area contributed by atoms with Crippen molar-refractivity contribution in [2.45, 2.75) is 32.0 Å². The van der Waals surface area contributed by atoms with Crippen LogP contribution in [-0.2, 0) is 11.8 Å². The lowest BCUT2D eigenvalue weighted by Gasteiger charge is -2.41. The van der Waals surface area contributed by atoms with Gasteiger partial charge in [0.15, 0.2) is 0 Å². The number of hydrogen-bond acceptors (Lipinski definition) is 2. The molecule has 6 heteroatoms. The number of halogens is 4. The van der Waals surface area contributed by atoms with Crippen molar-refractivity contribution in [1.29, 1.82) is 0 Å². The second-order valence-corrected chi connectivity index (χ2v) is 7.04. The van der Waals surface area contributed by atoms with Crippen LogP contribution >= 0.6 is 11.8 Å². The highest BCUT2D eigenvalue weighted by Gasteiger charge is 2.42. The number of aliphatic hydroxyl groups is 1. The highest BCUT2D eigenvalue weighted by atomic mass is 32.2. The van der Waals surface area contributed by atoms with Crippen LogP contribution in [0.15, 0.2) is 18.2 Å². The zero-order valence-electron chi connectivity index (χ0n) is 11.2. The average Bonchev–Trinajstić information content (AvgIpc) is 2.25. The fourth-order valence-corrected chi connectivity index (χ4v) is 3.97. The molecule has 0 radical (unpaired) electrons. The van der Waals surface area contributed by atoms with E-state index in [1.807, 2.05) is 13.8 Å². The number of rotatable bonds is 1. The maximum atomic E-state index is 13.3. The summed E-state index contributed by atoms with van der Waals surface area (Å²) in [6.45, 7) is 3.91. The third-order valence-corrected chi connectivity index (χ3v) is 5.08. The van der Waals surface area contributed by atoms with E-state index in [9.17, 15) is 22.7 Å². The zero-order valence-corrected chi connectivity index (χ0v) is 12.0. The quantitative estimate of drug-likeness (QED) is 0.785. The molecule has 2 rings (SSSR count). The van der Waals surface area contributed by atoms with E-state index in [-0.39, 0.29) is 11.0 Å². The van der Waals surface area contributed by atoms with Crippen molar-refractivity contribution in [2.75, 3.05) is 11.5 Å². The fraction of sp³-hybridized carbons (Fsp3) is 0.571. The van der Waals surface area contributed by atoms with Crippen molar-refractivity contribution in [2.24, 2.45) is 5.41 Å². The predicted octanol–water partition coefficient (Wildman–Crippen LogP) is 4.20. The maximum absolute atomic E-state index is 13.3. The number of alkyl halides is 3. The van der Waals surface area contributed by atoms with Gasteiger partial charge in [-0.2, -0.15) is 24.9 Å². The van der Waals surface area contributed by atoms with Crippen molar-refractivity contribution in [3.63, 3.8) is 0 Å². The largest absolute Gasteiger partial charge is 0.419 e. The molecule has 1 aromatic rings. The summed E-state index contributed by atoms with van der Waals surface area (Å²) in [4.78, 5) is 0. The van der Waals surface area contributed by atoms with E-state index in [4.69, 9.17) is 0 Å². The SMILES string of the molecule is CC1(C)CSCC(O)(c2ccc(F)c(C(F)(F)F)c2)C1. The van der Waals surface area contributed by atoms with E-state index >= 15 is 0 Å². The van der Waals surface area contributed by atoms with Crippen molar-refractivity contribution >= 4 is 11.8 Å². The molecule has 20 heavy (non-hydrogen) atoms. The fourth-order valence-electron chi connectivity index (χ4n) is 2.61. The smallest absolute Gasteiger partial charge is 0.384 e. The monoisotopic (exact) mass is 308 g/mol. The van der Waals surface area contributed by atoms with E-state index < -0.39 is 23.2 Å². The Bertz CT molecular complexity index is 512. The maximum Gasteiger partial charge on any atom is 0.419 e. The molecule has 0 aromatic heterocycles. The molecule has 1 heterocycles. The Morgan fingerprint density at radius 1 is 1.20 bits per heavy atom. The van der Waals surface area contributed by atoms with E-state index in [1.165, 1.54) is 17.8 Å². The minimum absolute atomic E-state index is 0.131. The zero-order chi connectivity index (χ0) is 15.2. The summed E-state index contributed by atoms with van der Waals surface area (Å²) in [5.41, 5.74) is -2.71. The molecule has 1 aliphatic heterocycles. The summed E-state index contributed by atoms with van der Waals surface area (Å²) in [6.07, 6.45) is -4.40. The highest BCUT2D eigenvalue weighted by molar-refractivity contribution is 7.99. The first-order valence-corrected chi connectivity index (χ1v) is 7.36. The molecule has 1 aliphatic rings. The molecule has 1 unspecified atom stereocenters. The van der Waals surface area contributed by atoms with Crippen LogP contribution in [0.2, 0.25) is 0 Å². The van der Waals surface area contributed by atoms with Crippen molar-refractivity contribution in [3.05, 3.63) is 35.1 Å². The first-order valence-electron chi connectivity index (χ1n) is 6.21. The van der Waals surface area contributed by atoms with Crippen LogP contribution < -0.4 is 0 Å². The summed E-state index contributed by atoms with van der Waals surface area (Å²) in [7, 11) is 0. The lowest BCUT2D eigenvalue weighted by molar-refractivity contribution is -0.140. The van der Waals surface area contributed by atoms with Gasteiger partial charge >= 0.3 is 6.18 Å². The van der Waals surface area contributed by atoms with E-state index in [2.05, 4.69) is 0 Å². The Morgan fingerprint density at radius 2 is 1.85 bits per heavy atom. The van der Waals surface area contributed by atoms with Gasteiger partial charge in [0.05, 0.1) is 11.2 Å². The number of thioether (sulfide) groups is 1. The first-order chi connectivity index (χ1) is 9.04. The Morgan fingerprint density at radius 3 is 2.40 bits per heavy atom. The molecule has 1 aromatic carbocycles. The molecule has 1 fully saturated rings. The summed E-state index contributed by atoms with van der Waals surface area (Å²) in [5.74, 6) is -0.158. The lowest BCUT2D eigenvalue weighted by Crippen LogP contribution is -2.40. The summed E-state index contributed by atoms with van der Waals surface area (Å²) < 4.78 is 51.5. The molecule has 0 spiro atoms. The molecule has 1 N–H and O–H groups in total. The molecule has 0 bridgehead atoms. The second kappa shape index (κ2) is 4.91. The van der Waals surface area contributed by atoms with Gasteiger partial charge in [-0.1, -0.05) is 19.9 Å². The van der Waals surface area contributed by atoms with Gasteiger partial charge in [-0.05, 0) is 35.3 Å². The summed E-state index contributed by atoms with van der Waals surface area (Å²) >= 11 is 1.50. The standard InChI is InChI=1S/C14H16F4OS/c1-12(2)6-13(19,8-20-7-12)9-3-4-11(15)10(5-9)14(16,17)18/h3-5,19H,6-8H2,1-2H3. The predicted molar refractivity (Wildman–Crippen MR) is 71.0 cm³/mol. The Labute approximate surface area is 119 Å². The van der Waals surface area contributed by atoms with Gasteiger partial charge in [-0.25, -0.2) is 4.39 Å². The van der Waals surface area contributed by atoms with E-state index in [0.717, 1.165) is 17.9 Å². The third kappa shape index (κ3) is 3.11. The molecular weight excluding hydrogens is 292 g/mol. The lowest BCUT2D eigenvalue weighted by atomic mass is 9.78. The topological polar surface area (TPSA) is 20.2 Å². The molecule has 1 atom stereocenters. The average molecular weight is 308 g/mol. The third-order valence-electron chi connectivity index (χ3n) is 3.41. The normalized spacial score (nSPS) is 26.6. The summed E-state index contributed by atoms with van der Waals surface area (Å²) in [5, 5.41) is 10.6. The van der Waals surface area contributed by atoms with Gasteiger partial charge in [-0.3, -0.25) is 0 Å². The minimum atomic E-state index is -4.76. The Balaban J connectivity index is 2.43. The van der Waals surface area contributed by atoms with Crippen LogP contribution in [-0.4, -0.2) is 16.6 Å². The van der Waals surface area contributed by atoms with Gasteiger partial charge < -0.3 is 5.11 Å². The Hall–Kier alpha value is -0.750. The molecule has 0 amide bonds. The van der Waals surface area contributed by atoms with Crippen molar-refractivity contribution < 1.29 is 22.7 Å². The molecule has 112 valence electrons. The van der Waals surface area contributed by atoms with Crippen LogP contribution in [0.25, 0.3) is 0 Å². The van der Waals surface area contributed by atoms with Gasteiger partial charge in [0.2, 0.25) is 0 Å². The van der Waals surface area contributed by atoms with Gasteiger partial charge in [0.1, 0.15) is 5.82 Å². The van der Waals surface area contributed by atoms with Crippen LogP contribution in [0.5, 0.6) is 0 Å². The molecule has 0 aliphatic carbocycles. The highest BCUT2D eigenvalue weighted by Crippen LogP contribution is 2.45. The minimum Gasteiger partial charge on any atom is -0.384 e. The van der Waals surface area contributed by atoms with E-state index in [0.29, 0.717) is 12.2 Å². The van der Waals surface area contributed by atoms with Crippen molar-refractivity contribution in [3.8, 4) is 0 Å². The van der Waals surface area contributed by atoms with Crippen LogP contribution in [0.1, 0.15) is 31.4 Å². The van der Waals surface area contributed by atoms with Gasteiger partial charge in [-0.15, -0.1) is 0 Å². The molecule has 0 saturated carbocycles. The second-order valence-electron chi connectivity index (χ2n) is 6.06. The van der Waals surface area contributed by atoms with Crippen molar-refractivity contribution in [1.82, 2.24) is 0 Å². The van der Waals surface area contributed by atoms with E-state index in [1.54, 1.807) is 0 Å². The molecule has 1 nitrogen and oxygen atoms in total. The first kappa shape index (κ1) is 15.6. The Kier molecular flexibility index (Phi) is 3.84. The molecule has 1 saturated heterocycles. The van der Waals surface area contributed by atoms with Gasteiger partial charge in [0, 0.05) is 5.75 Å². The number of benzene rings is 1. The molecular formula is C14H16F4OS. The van der Waals surface area contributed by atoms with Crippen LogP contribution in [0.3, 0.4) is 0 Å². The van der Waals surface area contributed by atoms with Crippen LogP contribution in [0.4, 0.5) is 17.6 Å². The van der Waals surface area contributed by atoms with Gasteiger partial charge in [0.25, 0.3) is 0 Å². The van der Waals surface area contributed by atoms with Crippen LogP contribution in [0, 0.1) is 11.2 Å². The summed E-state index contributed by atoms with van der Waals surface area (Å²) in [6, 6.07) is 2.76. The number of hydrogen-bond donors (Lipinski definition) is 1.